The van der Waals surface area contributed by atoms with E-state index in [0.29, 0.717) is 22.3 Å². The number of carbonyl (C=O) groups is 2. The third-order valence-corrected chi connectivity index (χ3v) is 4.57. The van der Waals surface area contributed by atoms with Gasteiger partial charge in [-0.05, 0) is 74.3 Å². The topological polar surface area (TPSA) is 67.4 Å². The van der Waals surface area contributed by atoms with Crippen LogP contribution in [0.5, 0.6) is 0 Å². The van der Waals surface area contributed by atoms with Gasteiger partial charge in [0.2, 0.25) is 5.91 Å². The Morgan fingerprint density at radius 3 is 2.27 bits per heavy atom. The van der Waals surface area contributed by atoms with Crippen LogP contribution in [0.1, 0.15) is 36.1 Å². The average Bonchev–Trinajstić information content (AvgIpc) is 2.63. The highest BCUT2D eigenvalue weighted by atomic mass is 19.2. The summed E-state index contributed by atoms with van der Waals surface area (Å²) >= 11 is 0. The van der Waals surface area contributed by atoms with E-state index in [1.807, 2.05) is 0 Å². The van der Waals surface area contributed by atoms with Gasteiger partial charge in [0.1, 0.15) is 5.82 Å². The molecule has 8 heteroatoms. The molecule has 0 bridgehead atoms. The molecule has 0 saturated carbocycles. The lowest BCUT2D eigenvalue weighted by Crippen LogP contribution is -2.36. The molecule has 0 heterocycles. The second-order valence-corrected chi connectivity index (χ2v) is 6.94. The number of nitrogens with one attached hydrogen (secondary N) is 2. The maximum Gasteiger partial charge on any atom is 0.308 e. The summed E-state index contributed by atoms with van der Waals surface area (Å²) in [5.74, 6) is -3.90. The largest absolute Gasteiger partial charge is 0.466 e. The van der Waals surface area contributed by atoms with Gasteiger partial charge >= 0.3 is 5.97 Å². The summed E-state index contributed by atoms with van der Waals surface area (Å²) in [5.41, 5.74) is 1.77. The minimum Gasteiger partial charge on any atom is -0.466 e. The Kier molecular flexibility index (Phi) is 8.00. The van der Waals surface area contributed by atoms with Gasteiger partial charge in [-0.25, -0.2) is 13.2 Å². The van der Waals surface area contributed by atoms with Crippen molar-refractivity contribution in [3.8, 4) is 11.1 Å². The summed E-state index contributed by atoms with van der Waals surface area (Å²) in [4.78, 5) is 24.1. The van der Waals surface area contributed by atoms with Crippen molar-refractivity contribution in [1.82, 2.24) is 10.6 Å². The molecule has 0 aliphatic rings. The van der Waals surface area contributed by atoms with Crippen molar-refractivity contribution in [2.45, 2.75) is 33.2 Å². The van der Waals surface area contributed by atoms with E-state index in [1.165, 1.54) is 18.2 Å². The van der Waals surface area contributed by atoms with Crippen LogP contribution >= 0.6 is 0 Å². The van der Waals surface area contributed by atoms with Crippen LogP contribution in [0, 0.1) is 31.3 Å². The SMILES string of the molecule is CCOC(=O)CC(NC(=O)CNC)c1cc(-c2c(C)cc(F)cc2C)cc(F)c1F. The first-order chi connectivity index (χ1) is 14.2. The van der Waals surface area contributed by atoms with Crippen molar-refractivity contribution < 1.29 is 27.5 Å². The molecule has 30 heavy (non-hydrogen) atoms. The van der Waals surface area contributed by atoms with Gasteiger partial charge in [0.25, 0.3) is 0 Å². The smallest absolute Gasteiger partial charge is 0.308 e. The van der Waals surface area contributed by atoms with Crippen molar-refractivity contribution >= 4 is 11.9 Å². The Balaban J connectivity index is 2.57. The van der Waals surface area contributed by atoms with Gasteiger partial charge in [-0.1, -0.05) is 0 Å². The lowest BCUT2D eigenvalue weighted by atomic mass is 9.92. The Bertz CT molecular complexity index is 904. The van der Waals surface area contributed by atoms with Crippen LogP contribution in [0.25, 0.3) is 11.1 Å². The highest BCUT2D eigenvalue weighted by molar-refractivity contribution is 5.80. The number of aryl methyl sites for hydroxylation is 2. The number of rotatable bonds is 8. The molecule has 0 aromatic heterocycles. The van der Waals surface area contributed by atoms with Crippen LogP contribution in [-0.4, -0.2) is 32.1 Å². The zero-order valence-corrected chi connectivity index (χ0v) is 17.4. The second-order valence-electron chi connectivity index (χ2n) is 6.94. The van der Waals surface area contributed by atoms with Gasteiger partial charge in [0.05, 0.1) is 25.6 Å². The van der Waals surface area contributed by atoms with Crippen LogP contribution in [-0.2, 0) is 14.3 Å². The predicted octanol–water partition coefficient (Wildman–Crippen LogP) is 3.72. The van der Waals surface area contributed by atoms with E-state index in [9.17, 15) is 22.8 Å². The lowest BCUT2D eigenvalue weighted by molar-refractivity contribution is -0.143. The molecule has 5 nitrogen and oxygen atoms in total. The molecule has 0 radical (unpaired) electrons. The van der Waals surface area contributed by atoms with E-state index in [1.54, 1.807) is 27.8 Å². The molecule has 1 unspecified atom stereocenters. The van der Waals surface area contributed by atoms with Gasteiger partial charge in [-0.2, -0.15) is 0 Å². The van der Waals surface area contributed by atoms with Gasteiger partial charge in [0.15, 0.2) is 11.6 Å². The summed E-state index contributed by atoms with van der Waals surface area (Å²) in [6, 6.07) is 3.85. The summed E-state index contributed by atoms with van der Waals surface area (Å²) in [6.45, 7) is 4.99. The van der Waals surface area contributed by atoms with Crippen LogP contribution < -0.4 is 10.6 Å². The van der Waals surface area contributed by atoms with Crippen LogP contribution in [0.4, 0.5) is 13.2 Å². The molecule has 1 atom stereocenters. The Hall–Kier alpha value is -2.87. The Morgan fingerprint density at radius 2 is 1.70 bits per heavy atom. The summed E-state index contributed by atoms with van der Waals surface area (Å²) in [6.07, 6.45) is -0.371. The monoisotopic (exact) mass is 422 g/mol. The molecule has 2 N–H and O–H groups in total. The van der Waals surface area contributed by atoms with Crippen molar-refractivity contribution in [2.75, 3.05) is 20.2 Å². The highest BCUT2D eigenvalue weighted by Crippen LogP contribution is 2.33. The molecular weight excluding hydrogens is 397 g/mol. The maximum absolute atomic E-state index is 14.7. The number of hydrogen-bond donors (Lipinski definition) is 2. The Morgan fingerprint density at radius 1 is 1.07 bits per heavy atom. The van der Waals surface area contributed by atoms with E-state index in [4.69, 9.17) is 4.74 Å². The zero-order valence-electron chi connectivity index (χ0n) is 17.4. The van der Waals surface area contributed by atoms with E-state index in [2.05, 4.69) is 10.6 Å². The van der Waals surface area contributed by atoms with E-state index in [-0.39, 0.29) is 25.1 Å². The summed E-state index contributed by atoms with van der Waals surface area (Å²) in [5, 5.41) is 5.19. The average molecular weight is 422 g/mol. The number of amides is 1. The lowest BCUT2D eigenvalue weighted by Gasteiger charge is -2.21. The van der Waals surface area contributed by atoms with E-state index < -0.39 is 35.4 Å². The normalized spacial score (nSPS) is 11.8. The fourth-order valence-electron chi connectivity index (χ4n) is 3.41. The molecule has 0 aliphatic heterocycles. The number of benzene rings is 2. The molecule has 162 valence electrons. The number of esters is 1. The van der Waals surface area contributed by atoms with Gasteiger partial charge in [-0.3, -0.25) is 9.59 Å². The quantitative estimate of drug-likeness (QED) is 0.637. The van der Waals surface area contributed by atoms with Gasteiger partial charge in [-0.15, -0.1) is 0 Å². The van der Waals surface area contributed by atoms with Gasteiger partial charge < -0.3 is 15.4 Å². The van der Waals surface area contributed by atoms with Crippen LogP contribution in [0.3, 0.4) is 0 Å². The fraction of sp³-hybridized carbons (Fsp3) is 0.364. The first kappa shape index (κ1) is 23.4. The molecule has 0 saturated heterocycles. The highest BCUT2D eigenvalue weighted by Gasteiger charge is 2.25. The first-order valence-electron chi connectivity index (χ1n) is 9.53. The molecule has 0 fully saturated rings. The number of hydrogen-bond acceptors (Lipinski definition) is 4. The molecule has 2 aromatic carbocycles. The number of halogens is 3. The van der Waals surface area contributed by atoms with Crippen molar-refractivity contribution in [3.05, 3.63) is 58.4 Å². The third kappa shape index (κ3) is 5.60. The van der Waals surface area contributed by atoms with Crippen molar-refractivity contribution in [1.29, 1.82) is 0 Å². The van der Waals surface area contributed by atoms with Gasteiger partial charge in [0, 0.05) is 5.56 Å². The summed E-state index contributed by atoms with van der Waals surface area (Å²) in [7, 11) is 1.56. The second kappa shape index (κ2) is 10.2. The molecule has 1 amide bonds. The predicted molar refractivity (Wildman–Crippen MR) is 107 cm³/mol. The zero-order chi connectivity index (χ0) is 22.4. The van der Waals surface area contributed by atoms with Crippen LogP contribution in [0.2, 0.25) is 0 Å². The standard InChI is InChI=1S/C22H25F3N2O3/c1-5-30-20(29)10-18(27-19(28)11-26-4)16-8-14(9-17(24)22(16)25)21-12(2)6-15(23)7-13(21)3/h6-9,18,26H,5,10-11H2,1-4H3,(H,27,28). The molecule has 2 rings (SSSR count). The first-order valence-corrected chi connectivity index (χ1v) is 9.53. The Labute approximate surface area is 173 Å². The molecule has 2 aromatic rings. The van der Waals surface area contributed by atoms with Crippen LogP contribution in [0.15, 0.2) is 24.3 Å². The fourth-order valence-corrected chi connectivity index (χ4v) is 3.41. The number of carbonyl (C=O) groups excluding carboxylic acids is 2. The molecule has 0 spiro atoms. The number of ether oxygens (including phenoxy) is 1. The minimum atomic E-state index is -1.17. The van der Waals surface area contributed by atoms with Crippen molar-refractivity contribution in [2.24, 2.45) is 0 Å². The third-order valence-electron chi connectivity index (χ3n) is 4.57. The van der Waals surface area contributed by atoms with E-state index in [0.717, 1.165) is 6.07 Å². The molecular formula is C22H25F3N2O3. The molecule has 0 aliphatic carbocycles. The maximum atomic E-state index is 14.7. The number of likely N-dealkylation sites (N-methyl/N-ethyl adjacent to an activating group) is 1. The summed E-state index contributed by atoms with van der Waals surface area (Å²) < 4.78 is 47.8. The van der Waals surface area contributed by atoms with E-state index >= 15 is 0 Å². The minimum absolute atomic E-state index is 0.0701. The van der Waals surface area contributed by atoms with Crippen molar-refractivity contribution in [3.63, 3.8) is 0 Å².